The predicted molar refractivity (Wildman–Crippen MR) is 89.4 cm³/mol. The van der Waals surface area contributed by atoms with E-state index >= 15 is 0 Å². The largest absolute Gasteiger partial charge is 0.433 e. The van der Waals surface area contributed by atoms with Crippen LogP contribution in [0.1, 0.15) is 18.2 Å². The van der Waals surface area contributed by atoms with Gasteiger partial charge in [-0.15, -0.1) is 0 Å². The molecule has 3 heterocycles. The van der Waals surface area contributed by atoms with Crippen LogP contribution in [-0.4, -0.2) is 36.1 Å². The molecule has 7 nitrogen and oxygen atoms in total. The molecule has 3 aromatic rings. The maximum Gasteiger partial charge on any atom is 0.433 e. The van der Waals surface area contributed by atoms with Crippen molar-refractivity contribution in [3.05, 3.63) is 42.1 Å². The number of halogens is 3. The second-order valence-corrected chi connectivity index (χ2v) is 5.75. The molecule has 3 rings (SSSR count). The fourth-order valence-corrected chi connectivity index (χ4v) is 2.36. The number of hydrogen-bond acceptors (Lipinski definition) is 5. The summed E-state index contributed by atoms with van der Waals surface area (Å²) in [6.45, 7) is 5.25. The van der Waals surface area contributed by atoms with Crippen LogP contribution in [-0.2, 0) is 19.3 Å². The fourth-order valence-electron chi connectivity index (χ4n) is 2.36. The summed E-state index contributed by atoms with van der Waals surface area (Å²) in [7, 11) is 0. The Balaban J connectivity index is 1.82. The third-order valence-corrected chi connectivity index (χ3v) is 3.66. The van der Waals surface area contributed by atoms with Gasteiger partial charge in [0.2, 0.25) is 5.95 Å². The summed E-state index contributed by atoms with van der Waals surface area (Å²) in [6.07, 6.45) is 2.14. The van der Waals surface area contributed by atoms with E-state index in [1.807, 2.05) is 20.0 Å². The minimum Gasteiger partial charge on any atom is -0.352 e. The molecule has 0 radical (unpaired) electrons. The van der Waals surface area contributed by atoms with Gasteiger partial charge in [-0.2, -0.15) is 23.4 Å². The highest BCUT2D eigenvalue weighted by atomic mass is 19.4. The molecule has 1 N–H and O–H groups in total. The number of aromatic nitrogens is 6. The molecule has 3 aromatic heterocycles. The lowest BCUT2D eigenvalue weighted by Crippen LogP contribution is -2.16. The van der Waals surface area contributed by atoms with Crippen molar-refractivity contribution < 1.29 is 13.2 Å². The number of nitrogens with one attached hydrogen (secondary N) is 1. The molecule has 0 aliphatic heterocycles. The van der Waals surface area contributed by atoms with Crippen molar-refractivity contribution in [2.75, 3.05) is 11.9 Å². The number of alkyl halides is 3. The van der Waals surface area contributed by atoms with Gasteiger partial charge in [-0.1, -0.05) is 0 Å². The fraction of sp³-hybridized carbons (Fsp3) is 0.375. The van der Waals surface area contributed by atoms with Gasteiger partial charge in [0.25, 0.3) is 0 Å². The summed E-state index contributed by atoms with van der Waals surface area (Å²) in [5.74, 6) is -0.0806. The average Bonchev–Trinajstić information content (AvgIpc) is 3.23. The van der Waals surface area contributed by atoms with E-state index in [9.17, 15) is 13.2 Å². The van der Waals surface area contributed by atoms with Crippen molar-refractivity contribution in [3.8, 4) is 11.3 Å². The van der Waals surface area contributed by atoms with E-state index in [-0.39, 0.29) is 11.6 Å². The maximum absolute atomic E-state index is 13.2. The van der Waals surface area contributed by atoms with Crippen molar-refractivity contribution in [3.63, 3.8) is 0 Å². The predicted octanol–water partition coefficient (Wildman–Crippen LogP) is 3.00. The van der Waals surface area contributed by atoms with Crippen LogP contribution in [0.15, 0.2) is 30.9 Å². The Hall–Kier alpha value is -2.91. The highest BCUT2D eigenvalue weighted by Crippen LogP contribution is 2.31. The molecule has 0 aliphatic rings. The van der Waals surface area contributed by atoms with E-state index < -0.39 is 11.9 Å². The zero-order valence-corrected chi connectivity index (χ0v) is 14.3. The number of nitrogens with zero attached hydrogens (tertiary/aromatic N) is 6. The zero-order chi connectivity index (χ0) is 18.7. The van der Waals surface area contributed by atoms with Gasteiger partial charge in [0.1, 0.15) is 0 Å². The molecular weight excluding hydrogens is 347 g/mol. The normalized spacial score (nSPS) is 11.7. The highest BCUT2D eigenvalue weighted by Gasteiger charge is 2.34. The molecule has 0 aromatic carbocycles. The standard InChI is InChI=1S/C16H18F3N7/c1-3-25-10-12(8-22-25)13-6-14(16(17,18)19)24-15(23-13)20-4-5-26-9-11(2)7-21-26/h6-10H,3-5H2,1-2H3,(H,20,23,24). The lowest BCUT2D eigenvalue weighted by Gasteiger charge is -2.11. The Morgan fingerprint density at radius 1 is 1.08 bits per heavy atom. The minimum absolute atomic E-state index is 0.0806. The summed E-state index contributed by atoms with van der Waals surface area (Å²) in [6, 6.07) is 0.930. The molecule has 0 unspecified atom stereocenters. The first-order chi connectivity index (χ1) is 12.3. The molecule has 0 aliphatic carbocycles. The first-order valence-electron chi connectivity index (χ1n) is 8.07. The Labute approximate surface area is 147 Å². The van der Waals surface area contributed by atoms with E-state index in [0.717, 1.165) is 11.6 Å². The third kappa shape index (κ3) is 4.19. The second-order valence-electron chi connectivity index (χ2n) is 5.75. The number of hydrogen-bond donors (Lipinski definition) is 1. The van der Waals surface area contributed by atoms with Crippen LogP contribution in [0.3, 0.4) is 0 Å². The maximum atomic E-state index is 13.2. The lowest BCUT2D eigenvalue weighted by atomic mass is 10.2. The first-order valence-corrected chi connectivity index (χ1v) is 8.07. The van der Waals surface area contributed by atoms with Gasteiger partial charge >= 0.3 is 6.18 Å². The Morgan fingerprint density at radius 3 is 2.46 bits per heavy atom. The SMILES string of the molecule is CCn1cc(-c2cc(C(F)(F)F)nc(NCCn3cc(C)cn3)n2)cn1. The van der Waals surface area contributed by atoms with Crippen molar-refractivity contribution in [1.29, 1.82) is 0 Å². The molecule has 0 saturated heterocycles. The molecule has 138 valence electrons. The third-order valence-electron chi connectivity index (χ3n) is 3.66. The molecule has 26 heavy (non-hydrogen) atoms. The van der Waals surface area contributed by atoms with E-state index in [0.29, 0.717) is 25.2 Å². The molecule has 0 saturated carbocycles. The van der Waals surface area contributed by atoms with Gasteiger partial charge < -0.3 is 5.32 Å². The Morgan fingerprint density at radius 2 is 1.85 bits per heavy atom. The van der Waals surface area contributed by atoms with Crippen LogP contribution < -0.4 is 5.32 Å². The van der Waals surface area contributed by atoms with Gasteiger partial charge in [0, 0.05) is 31.0 Å². The summed E-state index contributed by atoms with van der Waals surface area (Å²) in [5, 5.41) is 11.0. The summed E-state index contributed by atoms with van der Waals surface area (Å²) in [4.78, 5) is 7.79. The molecule has 10 heteroatoms. The minimum atomic E-state index is -4.56. The van der Waals surface area contributed by atoms with Crippen LogP contribution in [0.2, 0.25) is 0 Å². The number of rotatable bonds is 6. The highest BCUT2D eigenvalue weighted by molar-refractivity contribution is 5.59. The van der Waals surface area contributed by atoms with Crippen molar-refractivity contribution in [1.82, 2.24) is 29.5 Å². The van der Waals surface area contributed by atoms with Crippen molar-refractivity contribution in [2.24, 2.45) is 0 Å². The molecule has 0 fully saturated rings. The van der Waals surface area contributed by atoms with Gasteiger partial charge in [0.15, 0.2) is 5.69 Å². The number of anilines is 1. The van der Waals surface area contributed by atoms with Gasteiger partial charge in [-0.25, -0.2) is 9.97 Å². The lowest BCUT2D eigenvalue weighted by molar-refractivity contribution is -0.141. The summed E-state index contributed by atoms with van der Waals surface area (Å²) >= 11 is 0. The molecular formula is C16H18F3N7. The van der Waals surface area contributed by atoms with Crippen LogP contribution in [0, 0.1) is 6.92 Å². The zero-order valence-electron chi connectivity index (χ0n) is 14.3. The van der Waals surface area contributed by atoms with Gasteiger partial charge in [-0.3, -0.25) is 9.36 Å². The van der Waals surface area contributed by atoms with Crippen molar-refractivity contribution >= 4 is 5.95 Å². The Kier molecular flexibility index (Phi) is 4.92. The van der Waals surface area contributed by atoms with E-state index in [2.05, 4.69) is 25.5 Å². The first kappa shape index (κ1) is 17.9. The van der Waals surface area contributed by atoms with Crippen LogP contribution in [0.4, 0.5) is 19.1 Å². The molecule has 0 spiro atoms. The van der Waals surface area contributed by atoms with Crippen LogP contribution in [0.5, 0.6) is 0 Å². The van der Waals surface area contributed by atoms with E-state index in [1.54, 1.807) is 21.8 Å². The summed E-state index contributed by atoms with van der Waals surface area (Å²) in [5.41, 5.74) is 0.690. The van der Waals surface area contributed by atoms with E-state index in [1.165, 1.54) is 6.20 Å². The van der Waals surface area contributed by atoms with Crippen LogP contribution in [0.25, 0.3) is 11.3 Å². The Bertz CT molecular complexity index is 882. The summed E-state index contributed by atoms with van der Waals surface area (Å²) < 4.78 is 42.8. The molecule has 0 atom stereocenters. The van der Waals surface area contributed by atoms with Gasteiger partial charge in [-0.05, 0) is 25.5 Å². The molecule has 0 bridgehead atoms. The topological polar surface area (TPSA) is 73.5 Å². The van der Waals surface area contributed by atoms with E-state index in [4.69, 9.17) is 0 Å². The quantitative estimate of drug-likeness (QED) is 0.727. The average molecular weight is 365 g/mol. The molecule has 0 amide bonds. The van der Waals surface area contributed by atoms with Crippen molar-refractivity contribution in [2.45, 2.75) is 33.1 Å². The monoisotopic (exact) mass is 365 g/mol. The van der Waals surface area contributed by atoms with Crippen LogP contribution >= 0.6 is 0 Å². The number of aryl methyl sites for hydroxylation is 2. The van der Waals surface area contributed by atoms with Gasteiger partial charge in [0.05, 0.1) is 24.6 Å². The smallest absolute Gasteiger partial charge is 0.352 e. The second kappa shape index (κ2) is 7.14.